The van der Waals surface area contributed by atoms with Gasteiger partial charge in [0.1, 0.15) is 0 Å². The summed E-state index contributed by atoms with van der Waals surface area (Å²) in [7, 11) is 0. The molecule has 2 unspecified atom stereocenters. The van der Waals surface area contributed by atoms with Gasteiger partial charge in [-0.05, 0) is 23.3 Å². The summed E-state index contributed by atoms with van der Waals surface area (Å²) in [5.41, 5.74) is 2.19. The smallest absolute Gasteiger partial charge is 0.254 e. The molecule has 4 heteroatoms. The third kappa shape index (κ3) is 3.67. The Morgan fingerprint density at radius 1 is 0.833 bits per heavy atom. The van der Waals surface area contributed by atoms with Crippen molar-refractivity contribution in [2.75, 3.05) is 0 Å². The zero-order valence-corrected chi connectivity index (χ0v) is 13.0. The Kier molecular flexibility index (Phi) is 4.99. The van der Waals surface area contributed by atoms with Gasteiger partial charge in [0.15, 0.2) is 6.10 Å². The molecule has 1 amide bonds. The van der Waals surface area contributed by atoms with Crippen LogP contribution < -0.4 is 5.32 Å². The SMILES string of the molecule is O=C(NC(c1ccccc1)c1ccccn1)C(O)c1ccccc1. The fourth-order valence-electron chi connectivity index (χ4n) is 2.53. The summed E-state index contributed by atoms with van der Waals surface area (Å²) in [5, 5.41) is 13.2. The fraction of sp³-hybridized carbons (Fsp3) is 0.100. The van der Waals surface area contributed by atoms with Crippen LogP contribution in [-0.4, -0.2) is 16.0 Å². The van der Waals surface area contributed by atoms with E-state index >= 15 is 0 Å². The minimum absolute atomic E-state index is 0.418. The van der Waals surface area contributed by atoms with Gasteiger partial charge < -0.3 is 10.4 Å². The Hall–Kier alpha value is -2.98. The lowest BCUT2D eigenvalue weighted by molar-refractivity contribution is -0.130. The van der Waals surface area contributed by atoms with E-state index in [-0.39, 0.29) is 0 Å². The van der Waals surface area contributed by atoms with Gasteiger partial charge >= 0.3 is 0 Å². The van der Waals surface area contributed by atoms with Gasteiger partial charge in [-0.3, -0.25) is 9.78 Å². The fourth-order valence-corrected chi connectivity index (χ4v) is 2.53. The molecule has 0 saturated heterocycles. The molecule has 0 aliphatic rings. The van der Waals surface area contributed by atoms with Crippen molar-refractivity contribution in [3.05, 3.63) is 102 Å². The molecule has 4 nitrogen and oxygen atoms in total. The minimum atomic E-state index is -1.22. The van der Waals surface area contributed by atoms with Gasteiger partial charge in [0.25, 0.3) is 5.91 Å². The van der Waals surface area contributed by atoms with Crippen LogP contribution in [0.4, 0.5) is 0 Å². The standard InChI is InChI=1S/C20H18N2O2/c23-19(16-11-5-2-6-12-16)20(24)22-18(15-9-3-1-4-10-15)17-13-7-8-14-21-17/h1-14,18-19,23H,(H,22,24). The van der Waals surface area contributed by atoms with Crippen LogP contribution in [0.2, 0.25) is 0 Å². The molecule has 24 heavy (non-hydrogen) atoms. The maximum absolute atomic E-state index is 12.5. The number of hydrogen-bond acceptors (Lipinski definition) is 3. The summed E-state index contributed by atoms with van der Waals surface area (Å²) in [5.74, 6) is -0.458. The normalized spacial score (nSPS) is 13.0. The molecule has 2 N–H and O–H groups in total. The Morgan fingerprint density at radius 3 is 2.00 bits per heavy atom. The highest BCUT2D eigenvalue weighted by atomic mass is 16.3. The summed E-state index contributed by atoms with van der Waals surface area (Å²) >= 11 is 0. The van der Waals surface area contributed by atoms with Crippen molar-refractivity contribution in [1.82, 2.24) is 10.3 Å². The highest BCUT2D eigenvalue weighted by Gasteiger charge is 2.23. The van der Waals surface area contributed by atoms with Crippen LogP contribution in [0.25, 0.3) is 0 Å². The quantitative estimate of drug-likeness (QED) is 0.760. The van der Waals surface area contributed by atoms with Gasteiger partial charge in [-0.15, -0.1) is 0 Å². The van der Waals surface area contributed by atoms with E-state index in [1.165, 1.54) is 0 Å². The highest BCUT2D eigenvalue weighted by molar-refractivity contribution is 5.82. The van der Waals surface area contributed by atoms with Crippen molar-refractivity contribution in [2.45, 2.75) is 12.1 Å². The first kappa shape index (κ1) is 15.9. The molecule has 0 fully saturated rings. The molecule has 0 saturated carbocycles. The van der Waals surface area contributed by atoms with Crippen LogP contribution in [-0.2, 0) is 4.79 Å². The Bertz CT molecular complexity index is 737. The van der Waals surface area contributed by atoms with Crippen LogP contribution in [0.3, 0.4) is 0 Å². The van der Waals surface area contributed by atoms with Crippen LogP contribution >= 0.6 is 0 Å². The Labute approximate surface area is 140 Å². The average Bonchev–Trinajstić information content (AvgIpc) is 2.67. The number of aliphatic hydroxyl groups is 1. The average molecular weight is 318 g/mol. The second-order valence-electron chi connectivity index (χ2n) is 5.42. The molecule has 2 aromatic carbocycles. The minimum Gasteiger partial charge on any atom is -0.378 e. The number of rotatable bonds is 5. The summed E-state index contributed by atoms with van der Waals surface area (Å²) in [6, 6.07) is 23.6. The maximum atomic E-state index is 12.5. The van der Waals surface area contributed by atoms with Crippen molar-refractivity contribution >= 4 is 5.91 Å². The zero-order chi connectivity index (χ0) is 16.8. The van der Waals surface area contributed by atoms with Crippen LogP contribution in [0, 0.1) is 0 Å². The number of nitrogens with zero attached hydrogens (tertiary/aromatic N) is 1. The lowest BCUT2D eigenvalue weighted by Crippen LogP contribution is -2.34. The van der Waals surface area contributed by atoms with E-state index in [1.807, 2.05) is 54.6 Å². The summed E-state index contributed by atoms with van der Waals surface area (Å²) < 4.78 is 0. The third-order valence-electron chi connectivity index (χ3n) is 3.77. The Morgan fingerprint density at radius 2 is 1.42 bits per heavy atom. The second kappa shape index (κ2) is 7.53. The number of benzene rings is 2. The van der Waals surface area contributed by atoms with E-state index in [1.54, 1.807) is 30.5 Å². The molecule has 0 bridgehead atoms. The number of carbonyl (C=O) groups is 1. The number of amides is 1. The van der Waals surface area contributed by atoms with Gasteiger partial charge in [0, 0.05) is 6.20 Å². The first-order valence-corrected chi connectivity index (χ1v) is 7.75. The summed E-state index contributed by atoms with van der Waals surface area (Å²) in [6.07, 6.45) is 0.464. The van der Waals surface area contributed by atoms with Crippen molar-refractivity contribution in [3.63, 3.8) is 0 Å². The molecule has 0 aliphatic carbocycles. The van der Waals surface area contributed by atoms with Crippen LogP contribution in [0.1, 0.15) is 29.0 Å². The van der Waals surface area contributed by atoms with Crippen molar-refractivity contribution in [1.29, 1.82) is 0 Å². The first-order valence-electron chi connectivity index (χ1n) is 7.75. The number of carbonyl (C=O) groups excluding carboxylic acids is 1. The van der Waals surface area contributed by atoms with Gasteiger partial charge in [-0.2, -0.15) is 0 Å². The highest BCUT2D eigenvalue weighted by Crippen LogP contribution is 2.22. The molecule has 0 aliphatic heterocycles. The molecule has 2 atom stereocenters. The predicted molar refractivity (Wildman–Crippen MR) is 92.1 cm³/mol. The molecule has 1 aromatic heterocycles. The van der Waals surface area contributed by atoms with Crippen molar-refractivity contribution in [3.8, 4) is 0 Å². The summed E-state index contributed by atoms with van der Waals surface area (Å²) in [4.78, 5) is 16.9. The van der Waals surface area contributed by atoms with Gasteiger partial charge in [-0.1, -0.05) is 66.7 Å². The number of aromatic nitrogens is 1. The van der Waals surface area contributed by atoms with Crippen LogP contribution in [0.15, 0.2) is 85.1 Å². The van der Waals surface area contributed by atoms with E-state index in [0.29, 0.717) is 5.56 Å². The molecular formula is C20H18N2O2. The molecule has 0 spiro atoms. The largest absolute Gasteiger partial charge is 0.378 e. The van der Waals surface area contributed by atoms with E-state index in [0.717, 1.165) is 11.3 Å². The molecule has 1 heterocycles. The zero-order valence-electron chi connectivity index (χ0n) is 13.0. The van der Waals surface area contributed by atoms with E-state index in [4.69, 9.17) is 0 Å². The van der Waals surface area contributed by atoms with Gasteiger partial charge in [0.2, 0.25) is 0 Å². The molecular weight excluding hydrogens is 300 g/mol. The number of pyridine rings is 1. The van der Waals surface area contributed by atoms with E-state index < -0.39 is 18.1 Å². The summed E-state index contributed by atoms with van der Waals surface area (Å²) in [6.45, 7) is 0. The number of hydrogen-bond donors (Lipinski definition) is 2. The molecule has 0 radical (unpaired) electrons. The Balaban J connectivity index is 1.86. The lowest BCUT2D eigenvalue weighted by atomic mass is 10.0. The third-order valence-corrected chi connectivity index (χ3v) is 3.77. The van der Waals surface area contributed by atoms with E-state index in [9.17, 15) is 9.90 Å². The van der Waals surface area contributed by atoms with Crippen LogP contribution in [0.5, 0.6) is 0 Å². The molecule has 3 rings (SSSR count). The van der Waals surface area contributed by atoms with Crippen molar-refractivity contribution < 1.29 is 9.90 Å². The number of nitrogens with one attached hydrogen (secondary N) is 1. The number of aliphatic hydroxyl groups excluding tert-OH is 1. The first-order chi connectivity index (χ1) is 11.8. The van der Waals surface area contributed by atoms with Crippen molar-refractivity contribution in [2.24, 2.45) is 0 Å². The lowest BCUT2D eigenvalue weighted by Gasteiger charge is -2.21. The monoisotopic (exact) mass is 318 g/mol. The molecule has 120 valence electrons. The second-order valence-corrected chi connectivity index (χ2v) is 5.42. The van der Waals surface area contributed by atoms with E-state index in [2.05, 4.69) is 10.3 Å². The van der Waals surface area contributed by atoms with Gasteiger partial charge in [-0.25, -0.2) is 0 Å². The predicted octanol–water partition coefficient (Wildman–Crippen LogP) is 3.02. The topological polar surface area (TPSA) is 62.2 Å². The molecule has 3 aromatic rings. The maximum Gasteiger partial charge on any atom is 0.254 e. The van der Waals surface area contributed by atoms with Gasteiger partial charge in [0.05, 0.1) is 11.7 Å².